The van der Waals surface area contributed by atoms with Crippen molar-refractivity contribution in [1.29, 1.82) is 0 Å². The van der Waals surface area contributed by atoms with Crippen LogP contribution in [-0.4, -0.2) is 16.5 Å². The zero-order chi connectivity index (χ0) is 12.5. The van der Waals surface area contributed by atoms with Gasteiger partial charge in [0.1, 0.15) is 5.82 Å². The van der Waals surface area contributed by atoms with Gasteiger partial charge < -0.3 is 10.3 Å². The Balaban J connectivity index is 2.14. The lowest BCUT2D eigenvalue weighted by atomic mass is 10.1. The minimum atomic E-state index is -0.0397. The van der Waals surface area contributed by atoms with Crippen LogP contribution in [0.15, 0.2) is 33.5 Å². The van der Waals surface area contributed by atoms with E-state index in [1.165, 1.54) is 0 Å². The Morgan fingerprint density at radius 3 is 3.06 bits per heavy atom. The van der Waals surface area contributed by atoms with Crippen molar-refractivity contribution in [1.82, 2.24) is 15.3 Å². The Morgan fingerprint density at radius 2 is 2.22 bits per heavy atom. The molecule has 0 saturated carbocycles. The smallest absolute Gasteiger partial charge is 0.255 e. The van der Waals surface area contributed by atoms with E-state index < -0.39 is 0 Å². The molecule has 1 aliphatic heterocycles. The molecule has 92 valence electrons. The van der Waals surface area contributed by atoms with Crippen molar-refractivity contribution in [2.45, 2.75) is 13.0 Å². The molecule has 0 amide bonds. The highest BCUT2D eigenvalue weighted by molar-refractivity contribution is 9.10. The van der Waals surface area contributed by atoms with Crippen molar-refractivity contribution in [3.05, 3.63) is 50.3 Å². The molecule has 0 radical (unpaired) electrons. The summed E-state index contributed by atoms with van der Waals surface area (Å²) < 4.78 is 0.974. The van der Waals surface area contributed by atoms with Crippen LogP contribution in [0, 0.1) is 0 Å². The molecule has 0 aliphatic carbocycles. The number of halogens is 1. The minimum Gasteiger partial charge on any atom is -0.312 e. The molecule has 1 aromatic carbocycles. The number of rotatable bonds is 1. The summed E-state index contributed by atoms with van der Waals surface area (Å²) >= 11 is 3.42. The summed E-state index contributed by atoms with van der Waals surface area (Å²) in [5, 5.41) is 3.18. The highest BCUT2D eigenvalue weighted by atomic mass is 79.9. The molecule has 2 aromatic rings. The third kappa shape index (κ3) is 2.11. The quantitative estimate of drug-likeness (QED) is 0.845. The molecule has 3 rings (SSSR count). The Kier molecular flexibility index (Phi) is 3.01. The zero-order valence-electron chi connectivity index (χ0n) is 9.66. The van der Waals surface area contributed by atoms with Crippen molar-refractivity contribution in [2.24, 2.45) is 0 Å². The molecule has 0 bridgehead atoms. The van der Waals surface area contributed by atoms with Gasteiger partial charge in [-0.2, -0.15) is 0 Å². The van der Waals surface area contributed by atoms with Gasteiger partial charge in [0.25, 0.3) is 5.56 Å². The maximum atomic E-state index is 12.0. The summed E-state index contributed by atoms with van der Waals surface area (Å²) in [5.41, 5.74) is 2.55. The first-order valence-electron chi connectivity index (χ1n) is 5.83. The van der Waals surface area contributed by atoms with Crippen LogP contribution >= 0.6 is 15.9 Å². The lowest BCUT2D eigenvalue weighted by Crippen LogP contribution is -2.31. The second kappa shape index (κ2) is 4.66. The zero-order valence-corrected chi connectivity index (χ0v) is 11.3. The summed E-state index contributed by atoms with van der Waals surface area (Å²) in [5.74, 6) is 0.641. The fraction of sp³-hybridized carbons (Fsp3) is 0.231. The van der Waals surface area contributed by atoms with Crippen molar-refractivity contribution >= 4 is 15.9 Å². The van der Waals surface area contributed by atoms with E-state index in [9.17, 15) is 4.79 Å². The Bertz CT molecular complexity index is 651. The lowest BCUT2D eigenvalue weighted by Gasteiger charge is -2.15. The first-order valence-corrected chi connectivity index (χ1v) is 6.62. The second-order valence-corrected chi connectivity index (χ2v) is 5.19. The van der Waals surface area contributed by atoms with Gasteiger partial charge in [0.15, 0.2) is 0 Å². The maximum Gasteiger partial charge on any atom is 0.255 e. The number of aromatic amines is 1. The van der Waals surface area contributed by atoms with Crippen LogP contribution < -0.4 is 10.9 Å². The van der Waals surface area contributed by atoms with E-state index in [1.54, 1.807) is 0 Å². The van der Waals surface area contributed by atoms with Crippen LogP contribution in [-0.2, 0) is 13.0 Å². The average molecular weight is 306 g/mol. The number of hydrogen-bond donors (Lipinski definition) is 2. The summed E-state index contributed by atoms with van der Waals surface area (Å²) in [6.45, 7) is 1.48. The number of aromatic nitrogens is 2. The molecule has 0 unspecified atom stereocenters. The van der Waals surface area contributed by atoms with Crippen molar-refractivity contribution in [3.63, 3.8) is 0 Å². The topological polar surface area (TPSA) is 57.8 Å². The van der Waals surface area contributed by atoms with E-state index in [0.717, 1.165) is 34.3 Å². The van der Waals surface area contributed by atoms with Gasteiger partial charge in [0, 0.05) is 29.5 Å². The Morgan fingerprint density at radius 1 is 1.33 bits per heavy atom. The number of H-pyrrole nitrogens is 1. The van der Waals surface area contributed by atoms with Gasteiger partial charge >= 0.3 is 0 Å². The Labute approximate surface area is 113 Å². The minimum absolute atomic E-state index is 0.0397. The first-order chi connectivity index (χ1) is 8.74. The van der Waals surface area contributed by atoms with Crippen LogP contribution in [0.4, 0.5) is 0 Å². The van der Waals surface area contributed by atoms with Crippen molar-refractivity contribution in [2.75, 3.05) is 6.54 Å². The van der Waals surface area contributed by atoms with Gasteiger partial charge in [0.05, 0.1) is 11.3 Å². The van der Waals surface area contributed by atoms with Gasteiger partial charge in [-0.25, -0.2) is 4.98 Å². The van der Waals surface area contributed by atoms with E-state index in [1.807, 2.05) is 24.3 Å². The summed E-state index contributed by atoms with van der Waals surface area (Å²) in [4.78, 5) is 19.4. The van der Waals surface area contributed by atoms with E-state index in [4.69, 9.17) is 0 Å². The van der Waals surface area contributed by atoms with Gasteiger partial charge in [-0.3, -0.25) is 4.79 Å². The predicted octanol–water partition coefficient (Wildman–Crippen LogP) is 1.85. The van der Waals surface area contributed by atoms with E-state index >= 15 is 0 Å². The average Bonchev–Trinajstić information content (AvgIpc) is 2.39. The molecule has 1 aliphatic rings. The summed E-state index contributed by atoms with van der Waals surface area (Å²) in [6.07, 6.45) is 0.806. The highest BCUT2D eigenvalue weighted by Crippen LogP contribution is 2.20. The number of fused-ring (bicyclic) bond motifs is 1. The Hall–Kier alpha value is -1.46. The van der Waals surface area contributed by atoms with Crippen molar-refractivity contribution in [3.8, 4) is 11.4 Å². The lowest BCUT2D eigenvalue weighted by molar-refractivity contribution is 0.621. The van der Waals surface area contributed by atoms with Gasteiger partial charge in [-0.05, 0) is 12.1 Å². The van der Waals surface area contributed by atoms with Crippen LogP contribution in [0.3, 0.4) is 0 Å². The number of nitrogens with zero attached hydrogens (tertiary/aromatic N) is 1. The molecule has 4 nitrogen and oxygen atoms in total. The highest BCUT2D eigenvalue weighted by Gasteiger charge is 2.15. The molecule has 0 saturated heterocycles. The molecule has 0 atom stereocenters. The van der Waals surface area contributed by atoms with Crippen LogP contribution in [0.2, 0.25) is 0 Å². The fourth-order valence-electron chi connectivity index (χ4n) is 2.13. The summed E-state index contributed by atoms with van der Waals surface area (Å²) in [7, 11) is 0. The van der Waals surface area contributed by atoms with E-state index in [2.05, 4.69) is 31.2 Å². The molecule has 0 spiro atoms. The normalized spacial score (nSPS) is 14.3. The summed E-state index contributed by atoms with van der Waals surface area (Å²) in [6, 6.07) is 7.77. The maximum absolute atomic E-state index is 12.0. The number of benzene rings is 1. The molecule has 0 fully saturated rings. The van der Waals surface area contributed by atoms with Gasteiger partial charge in [-0.1, -0.05) is 28.1 Å². The number of nitrogens with one attached hydrogen (secondary N) is 2. The molecular weight excluding hydrogens is 294 g/mol. The molecule has 2 N–H and O–H groups in total. The second-order valence-electron chi connectivity index (χ2n) is 4.28. The third-order valence-corrected chi connectivity index (χ3v) is 3.53. The van der Waals surface area contributed by atoms with Crippen molar-refractivity contribution < 1.29 is 0 Å². The molecule has 2 heterocycles. The predicted molar refractivity (Wildman–Crippen MR) is 73.4 cm³/mol. The first kappa shape index (κ1) is 11.6. The molecular formula is C13H12BrN3O. The fourth-order valence-corrected chi connectivity index (χ4v) is 2.53. The van der Waals surface area contributed by atoms with Crippen LogP contribution in [0.5, 0.6) is 0 Å². The van der Waals surface area contributed by atoms with Crippen LogP contribution in [0.25, 0.3) is 11.4 Å². The number of hydrogen-bond acceptors (Lipinski definition) is 3. The SMILES string of the molecule is O=c1[nH]c(-c2cccc(Br)c2)nc2c1CNCC2. The van der Waals surface area contributed by atoms with E-state index in [-0.39, 0.29) is 5.56 Å². The van der Waals surface area contributed by atoms with E-state index in [0.29, 0.717) is 12.4 Å². The molecule has 18 heavy (non-hydrogen) atoms. The monoisotopic (exact) mass is 305 g/mol. The third-order valence-electron chi connectivity index (χ3n) is 3.04. The molecule has 5 heteroatoms. The van der Waals surface area contributed by atoms with Gasteiger partial charge in [0.2, 0.25) is 0 Å². The van der Waals surface area contributed by atoms with Crippen LogP contribution in [0.1, 0.15) is 11.3 Å². The standard InChI is InChI=1S/C13H12BrN3O/c14-9-3-1-2-8(6-9)12-16-11-4-5-15-7-10(11)13(18)17-12/h1-3,6,15H,4-5,7H2,(H,16,17,18). The van der Waals surface area contributed by atoms with Gasteiger partial charge in [-0.15, -0.1) is 0 Å². The molecule has 1 aromatic heterocycles. The largest absolute Gasteiger partial charge is 0.312 e.